The van der Waals surface area contributed by atoms with Crippen LogP contribution in [0.5, 0.6) is 5.75 Å². The maximum Gasteiger partial charge on any atom is 0.410 e. The summed E-state index contributed by atoms with van der Waals surface area (Å²) in [5.41, 5.74) is 1.49. The number of cyclic esters (lactones) is 1. The van der Waals surface area contributed by atoms with E-state index in [0.29, 0.717) is 47.5 Å². The summed E-state index contributed by atoms with van der Waals surface area (Å²) in [6.07, 6.45) is -0.284. The van der Waals surface area contributed by atoms with Crippen molar-refractivity contribution in [3.63, 3.8) is 0 Å². The predicted octanol–water partition coefficient (Wildman–Crippen LogP) is 4.54. The van der Waals surface area contributed by atoms with Gasteiger partial charge in [-0.05, 0) is 30.7 Å². The molecule has 1 N–H and O–H groups in total. The molecule has 2 fully saturated rings. The largest absolute Gasteiger partial charge is 0.488 e. The third-order valence-corrected chi connectivity index (χ3v) is 8.09. The van der Waals surface area contributed by atoms with Gasteiger partial charge in [0.1, 0.15) is 23.1 Å². The summed E-state index contributed by atoms with van der Waals surface area (Å²) in [7, 11) is 3.40. The number of rotatable bonds is 8. The third kappa shape index (κ3) is 5.18. The highest BCUT2D eigenvalue weighted by atomic mass is 35.5. The topological polar surface area (TPSA) is 108 Å². The summed E-state index contributed by atoms with van der Waals surface area (Å²) < 4.78 is 23.6. The van der Waals surface area contributed by atoms with Gasteiger partial charge >= 0.3 is 12.1 Å². The number of esters is 1. The van der Waals surface area contributed by atoms with Crippen LogP contribution in [0.2, 0.25) is 10.0 Å². The lowest BCUT2D eigenvalue weighted by Crippen LogP contribution is -2.47. The molecule has 1 aromatic heterocycles. The number of carbonyl (C=O) groups is 3. The molecule has 2 aliphatic heterocycles. The molecule has 0 radical (unpaired) electrons. The number of fused-ring (bicyclic) bond motifs is 1. The SMILES string of the molecule is CCOC(=O)c1ccc(C2(NC(=O)c3cc4c(Cl)c(Cl)c(OCC5CN(C)C(=O)O5)cc4n3C)CCOC2)cc1. The number of aromatic nitrogens is 1. The van der Waals surface area contributed by atoms with Gasteiger partial charge in [0, 0.05) is 38.6 Å². The van der Waals surface area contributed by atoms with Crippen molar-refractivity contribution < 1.29 is 33.3 Å². The number of amides is 2. The fourth-order valence-corrected chi connectivity index (χ4v) is 5.46. The minimum Gasteiger partial charge on any atom is -0.488 e. The standard InChI is InChI=1S/C28H29Cl2N3O7/c1-4-38-26(35)16-5-7-17(8-6-16)28(9-10-37-15-28)31-25(34)21-11-19-20(33(21)3)12-22(24(30)23(19)29)39-14-18-13-32(2)27(36)40-18/h5-8,11-12,18H,4,9-10,13-15H2,1-3H3,(H,31,34). The lowest BCUT2D eigenvalue weighted by molar-refractivity contribution is 0.0526. The molecule has 2 atom stereocenters. The molecule has 5 rings (SSSR count). The van der Waals surface area contributed by atoms with Crippen LogP contribution in [0, 0.1) is 0 Å². The van der Waals surface area contributed by atoms with Crippen molar-refractivity contribution in [2.45, 2.75) is 25.0 Å². The Morgan fingerprint density at radius 1 is 1.15 bits per heavy atom. The van der Waals surface area contributed by atoms with Gasteiger partial charge in [-0.2, -0.15) is 0 Å². The van der Waals surface area contributed by atoms with Crippen molar-refractivity contribution in [3.8, 4) is 5.75 Å². The molecule has 2 saturated heterocycles. The predicted molar refractivity (Wildman–Crippen MR) is 148 cm³/mol. The van der Waals surface area contributed by atoms with Crippen LogP contribution in [0.15, 0.2) is 36.4 Å². The van der Waals surface area contributed by atoms with Crippen LogP contribution in [0.25, 0.3) is 10.9 Å². The number of hydrogen-bond donors (Lipinski definition) is 1. The minimum absolute atomic E-state index is 0.104. The first-order valence-corrected chi connectivity index (χ1v) is 13.6. The van der Waals surface area contributed by atoms with E-state index in [1.165, 1.54) is 4.90 Å². The highest BCUT2D eigenvalue weighted by Gasteiger charge is 2.39. The average molecular weight is 590 g/mol. The highest BCUT2D eigenvalue weighted by molar-refractivity contribution is 6.46. The molecule has 0 spiro atoms. The van der Waals surface area contributed by atoms with Crippen molar-refractivity contribution >= 4 is 52.1 Å². The Kier molecular flexibility index (Phi) is 7.85. The molecule has 10 nitrogen and oxygen atoms in total. The van der Waals surface area contributed by atoms with Crippen LogP contribution in [-0.4, -0.2) is 73.6 Å². The number of nitrogens with one attached hydrogen (secondary N) is 1. The van der Waals surface area contributed by atoms with E-state index >= 15 is 0 Å². The van der Waals surface area contributed by atoms with Crippen molar-refractivity contribution in [2.24, 2.45) is 7.05 Å². The van der Waals surface area contributed by atoms with Crippen LogP contribution in [-0.2, 0) is 26.8 Å². The van der Waals surface area contributed by atoms with E-state index in [0.717, 1.165) is 5.56 Å². The van der Waals surface area contributed by atoms with E-state index in [9.17, 15) is 14.4 Å². The van der Waals surface area contributed by atoms with E-state index < -0.39 is 23.7 Å². The number of nitrogens with zero attached hydrogens (tertiary/aromatic N) is 2. The van der Waals surface area contributed by atoms with Crippen LogP contribution in [0.3, 0.4) is 0 Å². The molecule has 0 saturated carbocycles. The number of ether oxygens (including phenoxy) is 4. The van der Waals surface area contributed by atoms with E-state index in [1.807, 2.05) is 12.1 Å². The third-order valence-electron chi connectivity index (χ3n) is 7.23. The van der Waals surface area contributed by atoms with Gasteiger partial charge in [0.25, 0.3) is 5.91 Å². The Bertz CT molecular complexity index is 1470. The van der Waals surface area contributed by atoms with Crippen LogP contribution < -0.4 is 10.1 Å². The molecule has 2 unspecified atom stereocenters. The Morgan fingerprint density at radius 2 is 1.90 bits per heavy atom. The smallest absolute Gasteiger partial charge is 0.410 e. The molecule has 0 aliphatic carbocycles. The maximum absolute atomic E-state index is 13.7. The molecular formula is C28H29Cl2N3O7. The Hall–Kier alpha value is -3.47. The first-order chi connectivity index (χ1) is 19.1. The summed E-state index contributed by atoms with van der Waals surface area (Å²) in [6.45, 7) is 3.30. The van der Waals surface area contributed by atoms with Gasteiger partial charge < -0.3 is 33.7 Å². The fraction of sp³-hybridized carbons (Fsp3) is 0.393. The Morgan fingerprint density at radius 3 is 2.52 bits per heavy atom. The molecule has 40 heavy (non-hydrogen) atoms. The molecule has 2 amide bonds. The van der Waals surface area contributed by atoms with Crippen molar-refractivity contribution in [2.75, 3.05) is 40.0 Å². The second kappa shape index (κ2) is 11.2. The zero-order valence-electron chi connectivity index (χ0n) is 22.3. The van der Waals surface area contributed by atoms with Gasteiger partial charge in [-0.15, -0.1) is 0 Å². The van der Waals surface area contributed by atoms with E-state index in [-0.39, 0.29) is 35.8 Å². The van der Waals surface area contributed by atoms with Gasteiger partial charge in [-0.3, -0.25) is 4.79 Å². The average Bonchev–Trinajstić information content (AvgIpc) is 3.63. The van der Waals surface area contributed by atoms with Gasteiger partial charge in [0.15, 0.2) is 6.10 Å². The van der Waals surface area contributed by atoms with Crippen LogP contribution >= 0.6 is 23.2 Å². The number of likely N-dealkylation sites (N-methyl/N-ethyl adjacent to an activating group) is 1. The lowest BCUT2D eigenvalue weighted by Gasteiger charge is -2.29. The molecule has 0 bridgehead atoms. The molecule has 12 heteroatoms. The number of aryl methyl sites for hydroxylation is 1. The van der Waals surface area contributed by atoms with Gasteiger partial charge in [0.05, 0.1) is 41.4 Å². The first-order valence-electron chi connectivity index (χ1n) is 12.8. The van der Waals surface area contributed by atoms with Gasteiger partial charge in [-0.1, -0.05) is 35.3 Å². The van der Waals surface area contributed by atoms with Crippen molar-refractivity contribution in [1.29, 1.82) is 0 Å². The molecule has 3 heterocycles. The summed E-state index contributed by atoms with van der Waals surface area (Å²) >= 11 is 13.1. The Balaban J connectivity index is 1.39. The quantitative estimate of drug-likeness (QED) is 0.384. The number of carbonyl (C=O) groups excluding carboxylic acids is 3. The molecule has 2 aliphatic rings. The normalized spacial score (nSPS) is 20.6. The lowest BCUT2D eigenvalue weighted by atomic mass is 9.88. The maximum atomic E-state index is 13.7. The zero-order chi connectivity index (χ0) is 28.6. The van der Waals surface area contributed by atoms with Gasteiger partial charge in [-0.25, -0.2) is 9.59 Å². The zero-order valence-corrected chi connectivity index (χ0v) is 23.8. The second-order valence-corrected chi connectivity index (χ2v) is 10.6. The fourth-order valence-electron chi connectivity index (χ4n) is 5.01. The molecule has 212 valence electrons. The second-order valence-electron chi connectivity index (χ2n) is 9.86. The monoisotopic (exact) mass is 589 g/mol. The number of halogens is 2. The van der Waals surface area contributed by atoms with Crippen molar-refractivity contribution in [1.82, 2.24) is 14.8 Å². The molecule has 3 aromatic rings. The molecular weight excluding hydrogens is 561 g/mol. The minimum atomic E-state index is -0.775. The number of benzene rings is 2. The van der Waals surface area contributed by atoms with Crippen molar-refractivity contribution in [3.05, 3.63) is 63.3 Å². The molecule has 2 aromatic carbocycles. The van der Waals surface area contributed by atoms with Gasteiger partial charge in [0.2, 0.25) is 0 Å². The summed E-state index contributed by atoms with van der Waals surface area (Å²) in [5, 5.41) is 4.20. The van der Waals surface area contributed by atoms with Crippen LogP contribution in [0.4, 0.5) is 4.79 Å². The van der Waals surface area contributed by atoms with E-state index in [4.69, 9.17) is 42.1 Å². The first kappa shape index (κ1) is 28.1. The summed E-state index contributed by atoms with van der Waals surface area (Å²) in [5.74, 6) is -0.407. The summed E-state index contributed by atoms with van der Waals surface area (Å²) in [6, 6.07) is 10.4. The highest BCUT2D eigenvalue weighted by Crippen LogP contribution is 2.40. The van der Waals surface area contributed by atoms with E-state index in [2.05, 4.69) is 5.32 Å². The van der Waals surface area contributed by atoms with E-state index in [1.54, 1.807) is 49.9 Å². The Labute approximate surface area is 241 Å². The summed E-state index contributed by atoms with van der Waals surface area (Å²) in [4.78, 5) is 38.8. The van der Waals surface area contributed by atoms with Crippen LogP contribution in [0.1, 0.15) is 39.8 Å². The number of hydrogen-bond acceptors (Lipinski definition) is 7.